The van der Waals surface area contributed by atoms with E-state index in [9.17, 15) is 4.79 Å². The zero-order valence-electron chi connectivity index (χ0n) is 18.8. The quantitative estimate of drug-likeness (QED) is 0.633. The molecule has 0 atom stereocenters. The van der Waals surface area contributed by atoms with E-state index in [1.54, 1.807) is 14.2 Å². The van der Waals surface area contributed by atoms with E-state index >= 15 is 0 Å². The zero-order valence-corrected chi connectivity index (χ0v) is 20.4. The Morgan fingerprint density at radius 2 is 1.44 bits per heavy atom. The highest BCUT2D eigenvalue weighted by atomic mass is 35.5. The van der Waals surface area contributed by atoms with Crippen molar-refractivity contribution in [2.75, 3.05) is 53.5 Å². The molecule has 4 rings (SSSR count). The number of hydrogen-bond donors (Lipinski definition) is 0. The van der Waals surface area contributed by atoms with Crippen LogP contribution >= 0.6 is 24.8 Å². The van der Waals surface area contributed by atoms with E-state index in [1.165, 1.54) is 11.1 Å². The van der Waals surface area contributed by atoms with E-state index in [4.69, 9.17) is 9.47 Å². The first-order valence-electron chi connectivity index (χ1n) is 10.7. The summed E-state index contributed by atoms with van der Waals surface area (Å²) in [6.45, 7) is 6.77. The summed E-state index contributed by atoms with van der Waals surface area (Å²) < 4.78 is 10.8. The van der Waals surface area contributed by atoms with E-state index in [-0.39, 0.29) is 30.7 Å². The van der Waals surface area contributed by atoms with Crippen LogP contribution in [-0.2, 0) is 24.3 Å². The molecule has 1 amide bonds. The van der Waals surface area contributed by atoms with Crippen LogP contribution in [0.1, 0.15) is 16.7 Å². The summed E-state index contributed by atoms with van der Waals surface area (Å²) in [5, 5.41) is 0. The summed E-state index contributed by atoms with van der Waals surface area (Å²) in [4.78, 5) is 19.7. The third kappa shape index (κ3) is 6.29. The minimum absolute atomic E-state index is 0. The van der Waals surface area contributed by atoms with Gasteiger partial charge in [-0.25, -0.2) is 0 Å². The maximum absolute atomic E-state index is 12.9. The molecule has 0 unspecified atom stereocenters. The number of fused-ring (bicyclic) bond motifs is 1. The van der Waals surface area contributed by atoms with Crippen LogP contribution in [0.4, 0.5) is 0 Å². The second kappa shape index (κ2) is 12.3. The summed E-state index contributed by atoms with van der Waals surface area (Å²) in [5.74, 6) is 1.69. The maximum Gasteiger partial charge on any atom is 0.237 e. The van der Waals surface area contributed by atoms with Crippen molar-refractivity contribution in [2.24, 2.45) is 0 Å². The average Bonchev–Trinajstić information content (AvgIpc) is 2.79. The SMILES string of the molecule is COc1cc2c(cc1OC)CN(C(=O)CN1CCN(Cc3ccccc3)CC1)CC2.Cl.Cl. The molecular formula is C24H33Cl2N3O3. The molecule has 0 spiro atoms. The molecule has 2 heterocycles. The zero-order chi connectivity index (χ0) is 20.9. The van der Waals surface area contributed by atoms with Crippen LogP contribution in [0.2, 0.25) is 0 Å². The molecular weight excluding hydrogens is 449 g/mol. The van der Waals surface area contributed by atoms with Crippen LogP contribution in [0, 0.1) is 0 Å². The minimum Gasteiger partial charge on any atom is -0.493 e. The number of amides is 1. The third-order valence-electron chi connectivity index (χ3n) is 6.14. The number of benzene rings is 2. The fourth-order valence-corrected chi connectivity index (χ4v) is 4.33. The Bertz CT molecular complexity index is 874. The van der Waals surface area contributed by atoms with Crippen molar-refractivity contribution in [3.05, 3.63) is 59.2 Å². The monoisotopic (exact) mass is 481 g/mol. The molecule has 2 aliphatic heterocycles. The van der Waals surface area contributed by atoms with Gasteiger partial charge < -0.3 is 14.4 Å². The molecule has 0 saturated carbocycles. The Balaban J connectivity index is 0.00000181. The molecule has 1 fully saturated rings. The van der Waals surface area contributed by atoms with Gasteiger partial charge in [0.25, 0.3) is 0 Å². The number of rotatable bonds is 6. The summed E-state index contributed by atoms with van der Waals surface area (Å²) in [6, 6.07) is 14.6. The largest absolute Gasteiger partial charge is 0.493 e. The summed E-state index contributed by atoms with van der Waals surface area (Å²) in [5.41, 5.74) is 3.74. The first kappa shape index (κ1) is 26.3. The lowest BCUT2D eigenvalue weighted by molar-refractivity contribution is -0.133. The number of halogens is 2. The Morgan fingerprint density at radius 3 is 2.06 bits per heavy atom. The number of methoxy groups -OCH3 is 2. The Hall–Kier alpha value is -1.99. The number of carbonyl (C=O) groups is 1. The molecule has 0 aliphatic carbocycles. The van der Waals surface area contributed by atoms with E-state index in [0.717, 1.165) is 62.8 Å². The van der Waals surface area contributed by atoms with Gasteiger partial charge in [-0.1, -0.05) is 30.3 Å². The van der Waals surface area contributed by atoms with Crippen LogP contribution in [0.25, 0.3) is 0 Å². The number of ether oxygens (including phenoxy) is 2. The topological polar surface area (TPSA) is 45.3 Å². The lowest BCUT2D eigenvalue weighted by atomic mass is 9.98. The standard InChI is InChI=1S/C24H31N3O3.2ClH/c1-29-22-14-20-8-9-27(17-21(20)15-23(22)30-2)24(28)18-26-12-10-25(11-13-26)16-19-6-4-3-5-7-19;;/h3-7,14-15H,8-13,16-18H2,1-2H3;2*1H. The van der Waals surface area contributed by atoms with E-state index in [2.05, 4.69) is 40.1 Å². The van der Waals surface area contributed by atoms with Crippen LogP contribution in [0.15, 0.2) is 42.5 Å². The van der Waals surface area contributed by atoms with E-state index in [1.807, 2.05) is 17.0 Å². The third-order valence-corrected chi connectivity index (χ3v) is 6.14. The predicted molar refractivity (Wildman–Crippen MR) is 131 cm³/mol. The van der Waals surface area contributed by atoms with Crippen LogP contribution in [0.3, 0.4) is 0 Å². The normalized spacial score (nSPS) is 16.4. The van der Waals surface area contributed by atoms with E-state index < -0.39 is 0 Å². The van der Waals surface area contributed by atoms with Gasteiger partial charge in [-0.3, -0.25) is 14.6 Å². The van der Waals surface area contributed by atoms with Gasteiger partial charge in [0.05, 0.1) is 20.8 Å². The minimum atomic E-state index is 0. The summed E-state index contributed by atoms with van der Waals surface area (Å²) >= 11 is 0. The first-order valence-corrected chi connectivity index (χ1v) is 10.7. The molecule has 1 saturated heterocycles. The molecule has 176 valence electrons. The first-order chi connectivity index (χ1) is 14.7. The van der Waals surface area contributed by atoms with Crippen molar-refractivity contribution in [3.8, 4) is 11.5 Å². The van der Waals surface area contributed by atoms with Crippen molar-refractivity contribution in [1.82, 2.24) is 14.7 Å². The highest BCUT2D eigenvalue weighted by molar-refractivity contribution is 5.85. The Kier molecular flexibility index (Phi) is 10.1. The van der Waals surface area contributed by atoms with Gasteiger partial charge in [-0.15, -0.1) is 24.8 Å². The molecule has 0 radical (unpaired) electrons. The second-order valence-electron chi connectivity index (χ2n) is 8.08. The average molecular weight is 482 g/mol. The predicted octanol–water partition coefficient (Wildman–Crippen LogP) is 3.25. The van der Waals surface area contributed by atoms with Gasteiger partial charge in [0.1, 0.15) is 0 Å². The number of nitrogens with zero attached hydrogens (tertiary/aromatic N) is 3. The lowest BCUT2D eigenvalue weighted by Crippen LogP contribution is -2.50. The van der Waals surface area contributed by atoms with Crippen molar-refractivity contribution < 1.29 is 14.3 Å². The van der Waals surface area contributed by atoms with Crippen molar-refractivity contribution in [1.29, 1.82) is 0 Å². The highest BCUT2D eigenvalue weighted by Gasteiger charge is 2.25. The molecule has 2 aromatic carbocycles. The van der Waals surface area contributed by atoms with Crippen molar-refractivity contribution in [3.63, 3.8) is 0 Å². The van der Waals surface area contributed by atoms with Gasteiger partial charge >= 0.3 is 0 Å². The fourth-order valence-electron chi connectivity index (χ4n) is 4.33. The summed E-state index contributed by atoms with van der Waals surface area (Å²) in [7, 11) is 3.30. The maximum atomic E-state index is 12.9. The van der Waals surface area contributed by atoms with Crippen LogP contribution in [0.5, 0.6) is 11.5 Å². The van der Waals surface area contributed by atoms with Gasteiger partial charge in [-0.2, -0.15) is 0 Å². The van der Waals surface area contributed by atoms with Gasteiger partial charge in [0, 0.05) is 45.8 Å². The van der Waals surface area contributed by atoms with Gasteiger partial charge in [0.15, 0.2) is 11.5 Å². The fraction of sp³-hybridized carbons (Fsp3) is 0.458. The highest BCUT2D eigenvalue weighted by Crippen LogP contribution is 2.33. The number of hydrogen-bond acceptors (Lipinski definition) is 5. The molecule has 6 nitrogen and oxygen atoms in total. The Labute approximate surface area is 203 Å². The van der Waals surface area contributed by atoms with Crippen molar-refractivity contribution >= 4 is 30.7 Å². The second-order valence-corrected chi connectivity index (χ2v) is 8.08. The number of carbonyl (C=O) groups excluding carboxylic acids is 1. The van der Waals surface area contributed by atoms with Gasteiger partial charge in [0.2, 0.25) is 5.91 Å². The molecule has 0 aromatic heterocycles. The van der Waals surface area contributed by atoms with E-state index in [0.29, 0.717) is 13.1 Å². The Morgan fingerprint density at radius 1 is 0.844 bits per heavy atom. The molecule has 8 heteroatoms. The smallest absolute Gasteiger partial charge is 0.237 e. The summed E-state index contributed by atoms with van der Waals surface area (Å²) in [6.07, 6.45) is 0.853. The van der Waals surface area contributed by atoms with Gasteiger partial charge in [-0.05, 0) is 35.2 Å². The number of piperazine rings is 1. The molecule has 2 aromatic rings. The van der Waals surface area contributed by atoms with Crippen LogP contribution < -0.4 is 9.47 Å². The molecule has 32 heavy (non-hydrogen) atoms. The van der Waals surface area contributed by atoms with Crippen LogP contribution in [-0.4, -0.2) is 74.1 Å². The molecule has 2 aliphatic rings. The molecule has 0 bridgehead atoms. The molecule has 0 N–H and O–H groups in total. The van der Waals surface area contributed by atoms with Crippen molar-refractivity contribution in [2.45, 2.75) is 19.5 Å². The lowest BCUT2D eigenvalue weighted by Gasteiger charge is -2.36.